The van der Waals surface area contributed by atoms with Gasteiger partial charge in [0.15, 0.2) is 0 Å². The van der Waals surface area contributed by atoms with E-state index < -0.39 is 0 Å². The second-order valence-electron chi connectivity index (χ2n) is 9.05. The molecule has 4 heteroatoms. The third-order valence-electron chi connectivity index (χ3n) is 7.17. The van der Waals surface area contributed by atoms with Crippen LogP contribution in [0.2, 0.25) is 0 Å². The van der Waals surface area contributed by atoms with Crippen molar-refractivity contribution < 1.29 is 0 Å². The molecule has 1 aromatic heterocycles. The highest BCUT2D eigenvalue weighted by Crippen LogP contribution is 2.44. The Labute approximate surface area is 161 Å². The van der Waals surface area contributed by atoms with E-state index in [9.17, 15) is 0 Å². The summed E-state index contributed by atoms with van der Waals surface area (Å²) in [5.74, 6) is 2.31. The minimum absolute atomic E-state index is 0.515. The standard InChI is InChI=1S/C22H31N3S/c1-14-6-8-19(23-12-14)16-7-9-21-20(11-16)24-22(26-21)18-13-25(2)17-5-3-4-15(18)10-17/h7,9,11,14-15,17-19,23H,3-6,8,10,12-13H2,1-2H3/t14-,15?,17?,18?,19+/m0/s1. The molecule has 3 aliphatic rings. The monoisotopic (exact) mass is 369 g/mol. The number of aromatic nitrogens is 1. The van der Waals surface area contributed by atoms with Crippen molar-refractivity contribution in [2.45, 2.75) is 63.5 Å². The van der Waals surface area contributed by atoms with E-state index in [1.165, 1.54) is 65.9 Å². The summed E-state index contributed by atoms with van der Waals surface area (Å²) < 4.78 is 1.37. The van der Waals surface area contributed by atoms with Crippen molar-refractivity contribution in [2.75, 3.05) is 20.1 Å². The lowest BCUT2D eigenvalue weighted by atomic mass is 9.74. The molecule has 0 radical (unpaired) electrons. The van der Waals surface area contributed by atoms with Crippen LogP contribution >= 0.6 is 11.3 Å². The van der Waals surface area contributed by atoms with E-state index in [2.05, 4.69) is 42.4 Å². The van der Waals surface area contributed by atoms with E-state index in [1.807, 2.05) is 11.3 Å². The van der Waals surface area contributed by atoms with Gasteiger partial charge in [-0.2, -0.15) is 0 Å². The minimum atomic E-state index is 0.515. The van der Waals surface area contributed by atoms with Crippen molar-refractivity contribution in [2.24, 2.45) is 11.8 Å². The normalized spacial score (nSPS) is 35.7. The van der Waals surface area contributed by atoms with Crippen molar-refractivity contribution in [1.82, 2.24) is 15.2 Å². The highest BCUT2D eigenvalue weighted by molar-refractivity contribution is 7.18. The number of nitrogens with zero attached hydrogens (tertiary/aromatic N) is 2. The van der Waals surface area contributed by atoms with E-state index in [1.54, 1.807) is 0 Å². The van der Waals surface area contributed by atoms with E-state index in [0.29, 0.717) is 12.0 Å². The first-order chi connectivity index (χ1) is 12.7. The van der Waals surface area contributed by atoms with Crippen molar-refractivity contribution in [1.29, 1.82) is 0 Å². The molecule has 1 aromatic carbocycles. The van der Waals surface area contributed by atoms with Gasteiger partial charge in [0, 0.05) is 24.5 Å². The van der Waals surface area contributed by atoms with Gasteiger partial charge in [-0.1, -0.05) is 19.4 Å². The van der Waals surface area contributed by atoms with Crippen molar-refractivity contribution in [3.8, 4) is 0 Å². The highest BCUT2D eigenvalue weighted by Gasteiger charge is 2.38. The zero-order valence-corrected chi connectivity index (χ0v) is 16.9. The molecule has 0 spiro atoms. The fourth-order valence-electron chi connectivity index (χ4n) is 5.48. The molecule has 1 aliphatic carbocycles. The second kappa shape index (κ2) is 6.88. The Kier molecular flexibility index (Phi) is 4.54. The van der Waals surface area contributed by atoms with Crippen molar-refractivity contribution in [3.63, 3.8) is 0 Å². The van der Waals surface area contributed by atoms with Crippen LogP contribution in [0.1, 0.15) is 68.0 Å². The zero-order valence-electron chi connectivity index (χ0n) is 16.1. The molecule has 3 unspecified atom stereocenters. The predicted molar refractivity (Wildman–Crippen MR) is 110 cm³/mol. The summed E-state index contributed by atoms with van der Waals surface area (Å²) in [5.41, 5.74) is 2.66. The summed E-state index contributed by atoms with van der Waals surface area (Å²) in [7, 11) is 2.32. The number of thiazole rings is 1. The average Bonchev–Trinajstić information content (AvgIpc) is 3.08. The number of rotatable bonds is 2. The molecule has 1 N–H and O–H groups in total. The summed E-state index contributed by atoms with van der Waals surface area (Å²) in [6, 6.07) is 8.36. The number of hydrogen-bond donors (Lipinski definition) is 1. The molecule has 2 saturated heterocycles. The molecular weight excluding hydrogens is 338 g/mol. The van der Waals surface area contributed by atoms with Crippen LogP contribution in [0, 0.1) is 11.8 Å². The molecule has 2 aliphatic heterocycles. The van der Waals surface area contributed by atoms with E-state index in [4.69, 9.17) is 4.98 Å². The zero-order chi connectivity index (χ0) is 17.7. The molecule has 26 heavy (non-hydrogen) atoms. The fourth-order valence-corrected chi connectivity index (χ4v) is 6.61. The van der Waals surface area contributed by atoms with Crippen LogP contribution in [0.5, 0.6) is 0 Å². The largest absolute Gasteiger partial charge is 0.310 e. The van der Waals surface area contributed by atoms with Gasteiger partial charge < -0.3 is 10.2 Å². The van der Waals surface area contributed by atoms with Gasteiger partial charge in [0.1, 0.15) is 0 Å². The molecule has 140 valence electrons. The first-order valence-corrected chi connectivity index (χ1v) is 11.3. The fraction of sp³-hybridized carbons (Fsp3) is 0.682. The van der Waals surface area contributed by atoms with Gasteiger partial charge in [-0.05, 0) is 75.2 Å². The molecule has 0 amide bonds. The Balaban J connectivity index is 1.41. The van der Waals surface area contributed by atoms with Gasteiger partial charge in [0.05, 0.1) is 15.2 Å². The van der Waals surface area contributed by atoms with E-state index in [-0.39, 0.29) is 0 Å². The Morgan fingerprint density at radius 2 is 2.12 bits per heavy atom. The van der Waals surface area contributed by atoms with Gasteiger partial charge in [-0.25, -0.2) is 4.98 Å². The topological polar surface area (TPSA) is 28.2 Å². The summed E-state index contributed by atoms with van der Waals surface area (Å²) in [6.07, 6.45) is 8.16. The molecule has 5 rings (SSSR count). The number of piperidine rings is 2. The number of likely N-dealkylation sites (tertiary alicyclic amines) is 1. The van der Waals surface area contributed by atoms with Crippen LogP contribution in [-0.4, -0.2) is 36.1 Å². The first kappa shape index (κ1) is 17.2. The quantitative estimate of drug-likeness (QED) is 0.812. The smallest absolute Gasteiger partial charge is 0.0985 e. The van der Waals surface area contributed by atoms with Crippen LogP contribution in [0.3, 0.4) is 0 Å². The SMILES string of the molecule is C[C@H]1CC[C@H](c2ccc3sc(C4CN(C)C5CCCC4C5)nc3c2)NC1. The van der Waals surface area contributed by atoms with Crippen LogP contribution in [0.4, 0.5) is 0 Å². The molecule has 2 bridgehead atoms. The van der Waals surface area contributed by atoms with Gasteiger partial charge >= 0.3 is 0 Å². The maximum atomic E-state index is 5.15. The highest BCUT2D eigenvalue weighted by atomic mass is 32.1. The molecule has 5 atom stereocenters. The maximum Gasteiger partial charge on any atom is 0.0985 e. The first-order valence-electron chi connectivity index (χ1n) is 10.5. The Morgan fingerprint density at radius 1 is 1.19 bits per heavy atom. The van der Waals surface area contributed by atoms with Gasteiger partial charge in [0.25, 0.3) is 0 Å². The molecule has 3 nitrogen and oxygen atoms in total. The Hall–Kier alpha value is -0.970. The number of nitrogens with one attached hydrogen (secondary N) is 1. The lowest BCUT2D eigenvalue weighted by molar-refractivity contribution is 0.0768. The van der Waals surface area contributed by atoms with E-state index >= 15 is 0 Å². The molecule has 2 aromatic rings. The summed E-state index contributed by atoms with van der Waals surface area (Å²) in [5, 5.41) is 5.11. The maximum absolute atomic E-state index is 5.15. The summed E-state index contributed by atoms with van der Waals surface area (Å²) >= 11 is 1.95. The third kappa shape index (κ3) is 3.10. The minimum Gasteiger partial charge on any atom is -0.310 e. The molecule has 3 heterocycles. The lowest BCUT2D eigenvalue weighted by Crippen LogP contribution is -2.46. The third-order valence-corrected chi connectivity index (χ3v) is 8.34. The summed E-state index contributed by atoms with van der Waals surface area (Å²) in [6.45, 7) is 4.68. The van der Waals surface area contributed by atoms with Gasteiger partial charge in [-0.3, -0.25) is 0 Å². The number of hydrogen-bond acceptors (Lipinski definition) is 4. The van der Waals surface area contributed by atoms with Crippen LogP contribution < -0.4 is 5.32 Å². The summed E-state index contributed by atoms with van der Waals surface area (Å²) in [4.78, 5) is 7.75. The Morgan fingerprint density at radius 3 is 2.96 bits per heavy atom. The Bertz CT molecular complexity index is 777. The molecule has 1 saturated carbocycles. The second-order valence-corrected chi connectivity index (χ2v) is 10.1. The lowest BCUT2D eigenvalue weighted by Gasteiger charge is -2.45. The number of fused-ring (bicyclic) bond motifs is 3. The van der Waals surface area contributed by atoms with Gasteiger partial charge in [-0.15, -0.1) is 11.3 Å². The van der Waals surface area contributed by atoms with Crippen LogP contribution in [-0.2, 0) is 0 Å². The van der Waals surface area contributed by atoms with Crippen LogP contribution in [0.25, 0.3) is 10.2 Å². The van der Waals surface area contributed by atoms with Crippen molar-refractivity contribution in [3.05, 3.63) is 28.8 Å². The average molecular weight is 370 g/mol. The molecule has 3 fully saturated rings. The number of benzene rings is 1. The predicted octanol–water partition coefficient (Wildman–Crippen LogP) is 4.94. The van der Waals surface area contributed by atoms with Gasteiger partial charge in [0.2, 0.25) is 0 Å². The number of likely N-dealkylation sites (N-methyl/N-ethyl adjacent to an activating group) is 1. The van der Waals surface area contributed by atoms with Crippen molar-refractivity contribution >= 4 is 21.6 Å². The van der Waals surface area contributed by atoms with Crippen LogP contribution in [0.15, 0.2) is 18.2 Å². The molecular formula is C22H31N3S. The van der Waals surface area contributed by atoms with E-state index in [0.717, 1.165) is 24.4 Å².